The predicted octanol–water partition coefficient (Wildman–Crippen LogP) is 4.69. The van der Waals surface area contributed by atoms with Crippen LogP contribution >= 0.6 is 0 Å². The molecule has 2 rings (SSSR count). The van der Waals surface area contributed by atoms with Gasteiger partial charge in [0.05, 0.1) is 0 Å². The number of hydrogen-bond acceptors (Lipinski definition) is 1. The zero-order chi connectivity index (χ0) is 15.9. The minimum atomic E-state index is 0.0937. The number of para-hydroxylation sites is 1. The van der Waals surface area contributed by atoms with E-state index in [0.29, 0.717) is 6.42 Å². The SMILES string of the molecule is CCc1cccc(CC)c1NC(=O)CCc1ccc(C)cc1. The minimum absolute atomic E-state index is 0.0937. The van der Waals surface area contributed by atoms with Crippen LogP contribution in [0.3, 0.4) is 0 Å². The van der Waals surface area contributed by atoms with Crippen LogP contribution in [0.4, 0.5) is 5.69 Å². The van der Waals surface area contributed by atoms with Gasteiger partial charge in [-0.25, -0.2) is 0 Å². The third-order valence-corrected chi connectivity index (χ3v) is 4.02. The van der Waals surface area contributed by atoms with Crippen molar-refractivity contribution < 1.29 is 4.79 Å². The molecule has 0 spiro atoms. The summed E-state index contributed by atoms with van der Waals surface area (Å²) < 4.78 is 0. The average molecular weight is 295 g/mol. The normalized spacial score (nSPS) is 10.5. The van der Waals surface area contributed by atoms with E-state index in [-0.39, 0.29) is 5.91 Å². The standard InChI is InChI=1S/C20H25NO/c1-4-17-7-6-8-18(5-2)20(17)21-19(22)14-13-16-11-9-15(3)10-12-16/h6-12H,4-5,13-14H2,1-3H3,(H,21,22). The van der Waals surface area contributed by atoms with Crippen LogP contribution in [0, 0.1) is 6.92 Å². The Morgan fingerprint density at radius 3 is 2.09 bits per heavy atom. The van der Waals surface area contributed by atoms with E-state index in [1.807, 2.05) is 0 Å². The molecule has 0 heterocycles. The fraction of sp³-hybridized carbons (Fsp3) is 0.350. The Morgan fingerprint density at radius 1 is 0.955 bits per heavy atom. The first-order valence-corrected chi connectivity index (χ1v) is 8.10. The average Bonchev–Trinajstić information content (AvgIpc) is 2.54. The summed E-state index contributed by atoms with van der Waals surface area (Å²) in [5.74, 6) is 0.0937. The Kier molecular flexibility index (Phi) is 5.76. The number of anilines is 1. The van der Waals surface area contributed by atoms with Crippen molar-refractivity contribution in [3.05, 3.63) is 64.7 Å². The second kappa shape index (κ2) is 7.79. The molecule has 0 aromatic heterocycles. The van der Waals surface area contributed by atoms with E-state index in [0.717, 1.165) is 24.9 Å². The molecule has 0 bridgehead atoms. The molecule has 1 N–H and O–H groups in total. The summed E-state index contributed by atoms with van der Waals surface area (Å²) >= 11 is 0. The van der Waals surface area contributed by atoms with Gasteiger partial charge in [-0.1, -0.05) is 61.9 Å². The zero-order valence-electron chi connectivity index (χ0n) is 13.8. The van der Waals surface area contributed by atoms with Gasteiger partial charge in [0.1, 0.15) is 0 Å². The molecule has 1 amide bonds. The minimum Gasteiger partial charge on any atom is -0.326 e. The molecule has 2 heteroatoms. The smallest absolute Gasteiger partial charge is 0.224 e. The Morgan fingerprint density at radius 2 is 1.55 bits per heavy atom. The fourth-order valence-electron chi connectivity index (χ4n) is 2.62. The van der Waals surface area contributed by atoms with Crippen molar-refractivity contribution in [1.29, 1.82) is 0 Å². The summed E-state index contributed by atoms with van der Waals surface area (Å²) in [6.45, 7) is 6.32. The zero-order valence-corrected chi connectivity index (χ0v) is 13.8. The predicted molar refractivity (Wildman–Crippen MR) is 93.3 cm³/mol. The van der Waals surface area contributed by atoms with E-state index in [2.05, 4.69) is 68.6 Å². The molecule has 0 atom stereocenters. The second-order valence-corrected chi connectivity index (χ2v) is 5.69. The highest BCUT2D eigenvalue weighted by Gasteiger charge is 2.10. The third-order valence-electron chi connectivity index (χ3n) is 4.02. The van der Waals surface area contributed by atoms with Gasteiger partial charge in [-0.15, -0.1) is 0 Å². The molecule has 22 heavy (non-hydrogen) atoms. The van der Waals surface area contributed by atoms with Crippen LogP contribution in [0.15, 0.2) is 42.5 Å². The highest BCUT2D eigenvalue weighted by atomic mass is 16.1. The molecule has 0 aliphatic carbocycles. The first-order valence-electron chi connectivity index (χ1n) is 8.10. The van der Waals surface area contributed by atoms with Crippen molar-refractivity contribution in [2.45, 2.75) is 46.5 Å². The van der Waals surface area contributed by atoms with Crippen LogP contribution in [-0.2, 0) is 24.1 Å². The maximum atomic E-state index is 12.3. The first-order chi connectivity index (χ1) is 10.6. The molecule has 0 radical (unpaired) electrons. The number of aryl methyl sites for hydroxylation is 4. The maximum Gasteiger partial charge on any atom is 0.224 e. The monoisotopic (exact) mass is 295 g/mol. The Labute approximate surface area is 133 Å². The van der Waals surface area contributed by atoms with Gasteiger partial charge in [0, 0.05) is 12.1 Å². The van der Waals surface area contributed by atoms with Crippen LogP contribution in [0.5, 0.6) is 0 Å². The molecular weight excluding hydrogens is 270 g/mol. The highest BCUT2D eigenvalue weighted by molar-refractivity contribution is 5.92. The molecule has 0 unspecified atom stereocenters. The van der Waals surface area contributed by atoms with E-state index >= 15 is 0 Å². The van der Waals surface area contributed by atoms with Crippen molar-refractivity contribution in [3.63, 3.8) is 0 Å². The molecule has 0 aliphatic rings. The van der Waals surface area contributed by atoms with E-state index in [4.69, 9.17) is 0 Å². The maximum absolute atomic E-state index is 12.3. The topological polar surface area (TPSA) is 29.1 Å². The summed E-state index contributed by atoms with van der Waals surface area (Å²) in [4.78, 5) is 12.3. The lowest BCUT2D eigenvalue weighted by atomic mass is 10.0. The largest absolute Gasteiger partial charge is 0.326 e. The number of amides is 1. The van der Waals surface area contributed by atoms with Crippen molar-refractivity contribution in [2.24, 2.45) is 0 Å². The number of carbonyl (C=O) groups is 1. The van der Waals surface area contributed by atoms with Crippen molar-refractivity contribution >= 4 is 11.6 Å². The second-order valence-electron chi connectivity index (χ2n) is 5.69. The van der Waals surface area contributed by atoms with E-state index in [1.54, 1.807) is 0 Å². The number of benzene rings is 2. The number of nitrogens with one attached hydrogen (secondary N) is 1. The summed E-state index contributed by atoms with van der Waals surface area (Å²) in [6, 6.07) is 14.6. The lowest BCUT2D eigenvalue weighted by Crippen LogP contribution is -2.15. The summed E-state index contributed by atoms with van der Waals surface area (Å²) in [6.07, 6.45) is 3.16. The Balaban J connectivity index is 2.01. The number of carbonyl (C=O) groups excluding carboxylic acids is 1. The van der Waals surface area contributed by atoms with E-state index in [9.17, 15) is 4.79 Å². The molecule has 0 saturated carbocycles. The van der Waals surface area contributed by atoms with E-state index in [1.165, 1.54) is 22.3 Å². The first kappa shape index (κ1) is 16.3. The van der Waals surface area contributed by atoms with Crippen molar-refractivity contribution in [1.82, 2.24) is 0 Å². The van der Waals surface area contributed by atoms with Gasteiger partial charge in [-0.3, -0.25) is 4.79 Å². The molecule has 2 aromatic carbocycles. The van der Waals surface area contributed by atoms with Crippen LogP contribution in [0.1, 0.15) is 42.5 Å². The quantitative estimate of drug-likeness (QED) is 0.823. The summed E-state index contributed by atoms with van der Waals surface area (Å²) in [7, 11) is 0. The van der Waals surface area contributed by atoms with Gasteiger partial charge in [0.15, 0.2) is 0 Å². The third kappa shape index (κ3) is 4.20. The van der Waals surface area contributed by atoms with Gasteiger partial charge in [-0.2, -0.15) is 0 Å². The molecule has 116 valence electrons. The molecule has 0 aliphatic heterocycles. The highest BCUT2D eigenvalue weighted by Crippen LogP contribution is 2.23. The molecule has 2 aromatic rings. The number of rotatable bonds is 6. The Hall–Kier alpha value is -2.09. The van der Waals surface area contributed by atoms with Gasteiger partial charge in [0.25, 0.3) is 0 Å². The number of hydrogen-bond donors (Lipinski definition) is 1. The Bertz CT molecular complexity index is 606. The fourth-order valence-corrected chi connectivity index (χ4v) is 2.62. The molecule has 0 fully saturated rings. The van der Waals surface area contributed by atoms with Crippen molar-refractivity contribution in [3.8, 4) is 0 Å². The van der Waals surface area contributed by atoms with Gasteiger partial charge in [-0.05, 0) is 42.9 Å². The van der Waals surface area contributed by atoms with Crippen LogP contribution < -0.4 is 5.32 Å². The van der Waals surface area contributed by atoms with Gasteiger partial charge in [0.2, 0.25) is 5.91 Å². The van der Waals surface area contributed by atoms with E-state index < -0.39 is 0 Å². The van der Waals surface area contributed by atoms with Gasteiger partial charge >= 0.3 is 0 Å². The van der Waals surface area contributed by atoms with Crippen molar-refractivity contribution in [2.75, 3.05) is 5.32 Å². The van der Waals surface area contributed by atoms with Crippen LogP contribution in [-0.4, -0.2) is 5.91 Å². The van der Waals surface area contributed by atoms with Gasteiger partial charge < -0.3 is 5.32 Å². The summed E-state index contributed by atoms with van der Waals surface area (Å²) in [5.41, 5.74) is 5.89. The molecule has 0 saturated heterocycles. The molecule has 2 nitrogen and oxygen atoms in total. The lowest BCUT2D eigenvalue weighted by Gasteiger charge is -2.14. The summed E-state index contributed by atoms with van der Waals surface area (Å²) in [5, 5.41) is 3.12. The van der Waals surface area contributed by atoms with Crippen LogP contribution in [0.25, 0.3) is 0 Å². The lowest BCUT2D eigenvalue weighted by molar-refractivity contribution is -0.116. The molecular formula is C20H25NO. The van der Waals surface area contributed by atoms with Crippen LogP contribution in [0.2, 0.25) is 0 Å².